The standard InChI is InChI=1S/C7H12ClN3O3S/c1-5(3-12)10-15(13,14)7-6(8)11(2)4-9-7/h4-5,10,12H,3H2,1-2H3/t5-/m1/s1. The summed E-state index contributed by atoms with van der Waals surface area (Å²) in [4.78, 5) is 3.67. The smallest absolute Gasteiger partial charge is 0.261 e. The lowest BCUT2D eigenvalue weighted by Crippen LogP contribution is -2.35. The summed E-state index contributed by atoms with van der Waals surface area (Å²) in [5, 5.41) is 8.54. The minimum atomic E-state index is -3.76. The zero-order valence-electron chi connectivity index (χ0n) is 8.31. The maximum Gasteiger partial charge on any atom is 0.261 e. The molecule has 2 N–H and O–H groups in total. The lowest BCUT2D eigenvalue weighted by Gasteiger charge is -2.09. The number of hydrogen-bond acceptors (Lipinski definition) is 4. The van der Waals surface area contributed by atoms with Gasteiger partial charge < -0.3 is 9.67 Å². The summed E-state index contributed by atoms with van der Waals surface area (Å²) >= 11 is 5.74. The topological polar surface area (TPSA) is 84.2 Å². The van der Waals surface area contributed by atoms with Crippen LogP contribution in [-0.4, -0.2) is 35.7 Å². The van der Waals surface area contributed by atoms with Gasteiger partial charge in [0, 0.05) is 13.1 Å². The Labute approximate surface area is 92.9 Å². The van der Waals surface area contributed by atoms with Crippen LogP contribution in [0.2, 0.25) is 5.15 Å². The number of hydrogen-bond donors (Lipinski definition) is 2. The Morgan fingerprint density at radius 3 is 2.73 bits per heavy atom. The Morgan fingerprint density at radius 1 is 1.73 bits per heavy atom. The van der Waals surface area contributed by atoms with Gasteiger partial charge in [0.05, 0.1) is 12.9 Å². The third-order valence-corrected chi connectivity index (χ3v) is 3.80. The predicted octanol–water partition coefficient (Wildman–Crippen LogP) is -0.267. The van der Waals surface area contributed by atoms with Crippen LogP contribution >= 0.6 is 11.6 Å². The van der Waals surface area contributed by atoms with Crippen molar-refractivity contribution in [3.8, 4) is 0 Å². The molecule has 0 amide bonds. The number of sulfonamides is 1. The molecule has 0 unspecified atom stereocenters. The highest BCUT2D eigenvalue weighted by Gasteiger charge is 2.23. The molecule has 6 nitrogen and oxygen atoms in total. The number of aromatic nitrogens is 2. The number of aliphatic hydroxyl groups excluding tert-OH is 1. The van der Waals surface area contributed by atoms with E-state index in [1.165, 1.54) is 17.8 Å². The first-order valence-electron chi connectivity index (χ1n) is 4.18. The van der Waals surface area contributed by atoms with Crippen molar-refractivity contribution < 1.29 is 13.5 Å². The summed E-state index contributed by atoms with van der Waals surface area (Å²) in [5.41, 5.74) is 0. The van der Waals surface area contributed by atoms with Crippen LogP contribution in [0.3, 0.4) is 0 Å². The molecule has 0 aliphatic rings. The highest BCUT2D eigenvalue weighted by atomic mass is 35.5. The fraction of sp³-hybridized carbons (Fsp3) is 0.571. The van der Waals surface area contributed by atoms with Gasteiger partial charge in [0.2, 0.25) is 5.03 Å². The maximum absolute atomic E-state index is 11.7. The van der Waals surface area contributed by atoms with E-state index in [1.807, 2.05) is 0 Å². The first kappa shape index (κ1) is 12.4. The minimum Gasteiger partial charge on any atom is -0.395 e. The predicted molar refractivity (Wildman–Crippen MR) is 55.1 cm³/mol. The van der Waals surface area contributed by atoms with Crippen LogP contribution in [0.4, 0.5) is 0 Å². The number of imidazole rings is 1. The van der Waals surface area contributed by atoms with Gasteiger partial charge in [-0.1, -0.05) is 11.6 Å². The Hall–Kier alpha value is -0.630. The molecule has 86 valence electrons. The third-order valence-electron chi connectivity index (χ3n) is 1.72. The number of aryl methyl sites for hydroxylation is 1. The molecular formula is C7H12ClN3O3S. The molecule has 8 heteroatoms. The molecular weight excluding hydrogens is 242 g/mol. The first-order valence-corrected chi connectivity index (χ1v) is 6.04. The molecule has 1 aromatic rings. The van der Waals surface area contributed by atoms with E-state index < -0.39 is 16.1 Å². The summed E-state index contributed by atoms with van der Waals surface area (Å²) in [6.07, 6.45) is 1.31. The average molecular weight is 254 g/mol. The van der Waals surface area contributed by atoms with Gasteiger partial charge in [-0.2, -0.15) is 0 Å². The Kier molecular flexibility index (Phi) is 3.72. The van der Waals surface area contributed by atoms with E-state index in [0.717, 1.165) is 0 Å². The van der Waals surface area contributed by atoms with Crippen molar-refractivity contribution in [3.63, 3.8) is 0 Å². The number of rotatable bonds is 4. The van der Waals surface area contributed by atoms with Crippen LogP contribution in [0.1, 0.15) is 6.92 Å². The largest absolute Gasteiger partial charge is 0.395 e. The van der Waals surface area contributed by atoms with Crippen LogP contribution in [0, 0.1) is 0 Å². The fourth-order valence-corrected chi connectivity index (χ4v) is 2.60. The van der Waals surface area contributed by atoms with Crippen LogP contribution in [0.5, 0.6) is 0 Å². The molecule has 0 fully saturated rings. The molecule has 0 spiro atoms. The molecule has 0 aliphatic carbocycles. The van der Waals surface area contributed by atoms with Crippen LogP contribution in [0.15, 0.2) is 11.4 Å². The van der Waals surface area contributed by atoms with Crippen LogP contribution in [0.25, 0.3) is 0 Å². The zero-order chi connectivity index (χ0) is 11.6. The lowest BCUT2D eigenvalue weighted by atomic mass is 10.4. The molecule has 0 aliphatic heterocycles. The Bertz CT molecular complexity index is 442. The SMILES string of the molecule is C[C@H](CO)NS(=O)(=O)c1ncn(C)c1Cl. The summed E-state index contributed by atoms with van der Waals surface area (Å²) in [7, 11) is -2.17. The monoisotopic (exact) mass is 253 g/mol. The summed E-state index contributed by atoms with van der Waals surface area (Å²) in [5.74, 6) is 0. The number of aliphatic hydroxyl groups is 1. The molecule has 0 saturated carbocycles. The van der Waals surface area contributed by atoms with Gasteiger partial charge in [0.15, 0.2) is 0 Å². The van der Waals surface area contributed by atoms with Gasteiger partial charge in [-0.05, 0) is 6.92 Å². The van der Waals surface area contributed by atoms with E-state index in [0.29, 0.717) is 0 Å². The molecule has 15 heavy (non-hydrogen) atoms. The molecule has 1 atom stereocenters. The highest BCUT2D eigenvalue weighted by molar-refractivity contribution is 7.89. The molecule has 0 saturated heterocycles. The minimum absolute atomic E-state index is 0.0349. The second kappa shape index (κ2) is 4.48. The van der Waals surface area contributed by atoms with Crippen molar-refractivity contribution in [2.75, 3.05) is 6.61 Å². The molecule has 1 aromatic heterocycles. The fourth-order valence-electron chi connectivity index (χ4n) is 0.932. The van der Waals surface area contributed by atoms with Crippen molar-refractivity contribution in [2.45, 2.75) is 18.0 Å². The van der Waals surface area contributed by atoms with E-state index in [4.69, 9.17) is 16.7 Å². The third kappa shape index (κ3) is 2.69. The second-order valence-electron chi connectivity index (χ2n) is 3.16. The summed E-state index contributed by atoms with van der Waals surface area (Å²) in [6.45, 7) is 1.25. The first-order chi connectivity index (χ1) is 6.88. The quantitative estimate of drug-likeness (QED) is 0.774. The summed E-state index contributed by atoms with van der Waals surface area (Å²) < 4.78 is 26.9. The molecule has 1 rings (SSSR count). The van der Waals surface area contributed by atoms with E-state index in [9.17, 15) is 8.42 Å². The zero-order valence-corrected chi connectivity index (χ0v) is 9.88. The molecule has 0 aromatic carbocycles. The van der Waals surface area contributed by atoms with E-state index in [-0.39, 0.29) is 16.8 Å². The Balaban J connectivity index is 3.02. The Morgan fingerprint density at radius 2 is 2.33 bits per heavy atom. The van der Waals surface area contributed by atoms with Crippen LogP contribution < -0.4 is 4.72 Å². The number of halogens is 1. The van der Waals surface area contributed by atoms with E-state index >= 15 is 0 Å². The van der Waals surface area contributed by atoms with E-state index in [1.54, 1.807) is 7.05 Å². The van der Waals surface area contributed by atoms with Crippen molar-refractivity contribution >= 4 is 21.6 Å². The average Bonchev–Trinajstić information content (AvgIpc) is 2.47. The highest BCUT2D eigenvalue weighted by Crippen LogP contribution is 2.18. The van der Waals surface area contributed by atoms with Gasteiger partial charge in [-0.25, -0.2) is 18.1 Å². The molecule has 0 radical (unpaired) electrons. The van der Waals surface area contributed by atoms with Crippen molar-refractivity contribution in [2.24, 2.45) is 7.05 Å². The molecule has 1 heterocycles. The van der Waals surface area contributed by atoms with Gasteiger partial charge in [-0.15, -0.1) is 0 Å². The van der Waals surface area contributed by atoms with Crippen molar-refractivity contribution in [1.29, 1.82) is 0 Å². The van der Waals surface area contributed by atoms with Crippen molar-refractivity contribution in [3.05, 3.63) is 11.5 Å². The summed E-state index contributed by atoms with van der Waals surface area (Å²) in [6, 6.07) is -0.576. The number of nitrogens with one attached hydrogen (secondary N) is 1. The van der Waals surface area contributed by atoms with E-state index in [2.05, 4.69) is 9.71 Å². The normalized spacial score (nSPS) is 14.1. The van der Waals surface area contributed by atoms with Gasteiger partial charge in [0.1, 0.15) is 5.15 Å². The maximum atomic E-state index is 11.7. The number of nitrogens with zero attached hydrogens (tertiary/aromatic N) is 2. The van der Waals surface area contributed by atoms with Crippen molar-refractivity contribution in [1.82, 2.24) is 14.3 Å². The molecule has 0 bridgehead atoms. The second-order valence-corrected chi connectivity index (χ2v) is 5.14. The lowest BCUT2D eigenvalue weighted by molar-refractivity contribution is 0.265. The van der Waals surface area contributed by atoms with Crippen LogP contribution in [-0.2, 0) is 17.1 Å². The van der Waals surface area contributed by atoms with Gasteiger partial charge in [0.25, 0.3) is 10.0 Å². The van der Waals surface area contributed by atoms with Gasteiger partial charge in [-0.3, -0.25) is 0 Å². The van der Waals surface area contributed by atoms with Gasteiger partial charge >= 0.3 is 0 Å².